The van der Waals surface area contributed by atoms with Crippen LogP contribution in [-0.2, 0) is 14.3 Å². The molecule has 1 amide bonds. The zero-order chi connectivity index (χ0) is 15.1. The van der Waals surface area contributed by atoms with Gasteiger partial charge in [0.05, 0.1) is 16.7 Å². The number of carboxylic acids is 1. The van der Waals surface area contributed by atoms with Gasteiger partial charge in [-0.25, -0.2) is 4.79 Å². The van der Waals surface area contributed by atoms with Crippen molar-refractivity contribution in [3.8, 4) is 5.75 Å². The highest BCUT2D eigenvalue weighted by Gasteiger charge is 2.19. The number of nitrogens with one attached hydrogen (secondary N) is 1. The fraction of sp³-hybridized carbons (Fsp3) is 0.333. The van der Waals surface area contributed by atoms with Crippen molar-refractivity contribution in [1.82, 2.24) is 5.32 Å². The molecule has 0 saturated heterocycles. The van der Waals surface area contributed by atoms with Crippen LogP contribution in [0.3, 0.4) is 0 Å². The van der Waals surface area contributed by atoms with Crippen molar-refractivity contribution in [2.45, 2.75) is 6.04 Å². The Labute approximate surface area is 125 Å². The number of hydrogen-bond acceptors (Lipinski definition) is 4. The quantitative estimate of drug-likeness (QED) is 0.796. The molecular weight excluding hydrogens is 309 g/mol. The molecule has 0 bridgehead atoms. The predicted octanol–water partition coefficient (Wildman–Crippen LogP) is 1.59. The number of carboxylic acid groups (broad SMARTS) is 1. The normalized spacial score (nSPS) is 11.8. The van der Waals surface area contributed by atoms with Crippen LogP contribution in [0.2, 0.25) is 10.0 Å². The molecular formula is C12H13Cl2NO5. The fourth-order valence-corrected chi connectivity index (χ4v) is 1.58. The average molecular weight is 322 g/mol. The van der Waals surface area contributed by atoms with Gasteiger partial charge < -0.3 is 19.9 Å². The van der Waals surface area contributed by atoms with Crippen molar-refractivity contribution in [2.75, 3.05) is 20.3 Å². The third-order valence-electron chi connectivity index (χ3n) is 2.23. The van der Waals surface area contributed by atoms with Crippen LogP contribution in [0.1, 0.15) is 0 Å². The number of aliphatic carboxylic acids is 1. The Hall–Kier alpha value is -1.50. The number of hydrogen-bond donors (Lipinski definition) is 2. The number of methoxy groups -OCH3 is 1. The van der Waals surface area contributed by atoms with E-state index in [0.29, 0.717) is 15.8 Å². The Balaban J connectivity index is 2.50. The first-order valence-electron chi connectivity index (χ1n) is 5.53. The molecule has 1 atom stereocenters. The van der Waals surface area contributed by atoms with Gasteiger partial charge in [0.1, 0.15) is 5.75 Å². The van der Waals surface area contributed by atoms with E-state index in [1.165, 1.54) is 19.2 Å². The number of carbonyl (C=O) groups excluding carboxylic acids is 1. The smallest absolute Gasteiger partial charge is 0.328 e. The van der Waals surface area contributed by atoms with E-state index in [1.807, 2.05) is 0 Å². The number of benzene rings is 1. The van der Waals surface area contributed by atoms with Crippen LogP contribution in [0.25, 0.3) is 0 Å². The van der Waals surface area contributed by atoms with Crippen LogP contribution in [0.15, 0.2) is 18.2 Å². The summed E-state index contributed by atoms with van der Waals surface area (Å²) in [5.74, 6) is -1.41. The fourth-order valence-electron chi connectivity index (χ4n) is 1.29. The number of carbonyl (C=O) groups is 2. The van der Waals surface area contributed by atoms with E-state index in [1.54, 1.807) is 6.07 Å². The highest BCUT2D eigenvalue weighted by atomic mass is 35.5. The number of rotatable bonds is 7. The van der Waals surface area contributed by atoms with Gasteiger partial charge in [-0.15, -0.1) is 0 Å². The van der Waals surface area contributed by atoms with Crippen molar-refractivity contribution in [3.63, 3.8) is 0 Å². The van der Waals surface area contributed by atoms with E-state index < -0.39 is 17.9 Å². The minimum Gasteiger partial charge on any atom is -0.484 e. The van der Waals surface area contributed by atoms with Crippen LogP contribution in [0, 0.1) is 0 Å². The molecule has 0 aliphatic heterocycles. The first-order valence-corrected chi connectivity index (χ1v) is 6.28. The lowest BCUT2D eigenvalue weighted by atomic mass is 10.3. The summed E-state index contributed by atoms with van der Waals surface area (Å²) in [6.07, 6.45) is 0. The molecule has 0 fully saturated rings. The first-order chi connectivity index (χ1) is 9.43. The van der Waals surface area contributed by atoms with Crippen molar-refractivity contribution >= 4 is 35.1 Å². The van der Waals surface area contributed by atoms with E-state index in [4.69, 9.17) is 33.0 Å². The van der Waals surface area contributed by atoms with E-state index in [2.05, 4.69) is 10.1 Å². The first kappa shape index (κ1) is 16.6. The number of ether oxygens (including phenoxy) is 2. The summed E-state index contributed by atoms with van der Waals surface area (Å²) in [7, 11) is 1.34. The highest BCUT2D eigenvalue weighted by molar-refractivity contribution is 6.42. The SMILES string of the molecule is COCC(NC(=O)COc1ccc(Cl)c(Cl)c1)C(=O)O. The molecule has 0 aliphatic rings. The molecule has 1 rings (SSSR count). The zero-order valence-electron chi connectivity index (χ0n) is 10.6. The molecule has 8 heteroatoms. The molecule has 0 aliphatic carbocycles. The lowest BCUT2D eigenvalue weighted by Gasteiger charge is -2.14. The van der Waals surface area contributed by atoms with Gasteiger partial charge in [0.25, 0.3) is 5.91 Å². The molecule has 0 radical (unpaired) electrons. The standard InChI is InChI=1S/C12H13Cl2NO5/c1-19-5-10(12(17)18)15-11(16)6-20-7-2-3-8(13)9(14)4-7/h2-4,10H,5-6H2,1H3,(H,15,16)(H,17,18). The summed E-state index contributed by atoms with van der Waals surface area (Å²) < 4.78 is 9.86. The maximum Gasteiger partial charge on any atom is 0.328 e. The van der Waals surface area contributed by atoms with Crippen LogP contribution >= 0.6 is 23.2 Å². The number of halogens is 2. The second-order valence-electron chi connectivity index (χ2n) is 3.78. The molecule has 1 aromatic carbocycles. The summed E-state index contributed by atoms with van der Waals surface area (Å²) in [5, 5.41) is 11.8. The topological polar surface area (TPSA) is 84.9 Å². The van der Waals surface area contributed by atoms with Crippen LogP contribution in [-0.4, -0.2) is 43.3 Å². The number of amides is 1. The third-order valence-corrected chi connectivity index (χ3v) is 2.97. The summed E-state index contributed by atoms with van der Waals surface area (Å²) >= 11 is 11.5. The van der Waals surface area contributed by atoms with Gasteiger partial charge in [0.15, 0.2) is 12.6 Å². The molecule has 0 saturated carbocycles. The van der Waals surface area contributed by atoms with Gasteiger partial charge in [0, 0.05) is 13.2 Å². The second kappa shape index (κ2) is 7.94. The molecule has 0 spiro atoms. The van der Waals surface area contributed by atoms with E-state index >= 15 is 0 Å². The highest BCUT2D eigenvalue weighted by Crippen LogP contribution is 2.26. The van der Waals surface area contributed by atoms with E-state index in [0.717, 1.165) is 0 Å². The average Bonchev–Trinajstić information content (AvgIpc) is 2.39. The van der Waals surface area contributed by atoms with Gasteiger partial charge in [-0.2, -0.15) is 0 Å². The molecule has 1 unspecified atom stereocenters. The molecule has 2 N–H and O–H groups in total. The predicted molar refractivity (Wildman–Crippen MR) is 73.4 cm³/mol. The molecule has 0 aromatic heterocycles. The van der Waals surface area contributed by atoms with Gasteiger partial charge >= 0.3 is 5.97 Å². The Morgan fingerprint density at radius 1 is 1.35 bits per heavy atom. The summed E-state index contributed by atoms with van der Waals surface area (Å²) in [6.45, 7) is -0.473. The third kappa shape index (κ3) is 5.24. The van der Waals surface area contributed by atoms with Crippen molar-refractivity contribution in [3.05, 3.63) is 28.2 Å². The molecule has 20 heavy (non-hydrogen) atoms. The molecule has 0 heterocycles. The molecule has 1 aromatic rings. The van der Waals surface area contributed by atoms with Crippen molar-refractivity contribution in [2.24, 2.45) is 0 Å². The van der Waals surface area contributed by atoms with Gasteiger partial charge in [0.2, 0.25) is 0 Å². The van der Waals surface area contributed by atoms with Gasteiger partial charge in [-0.3, -0.25) is 4.79 Å². The summed E-state index contributed by atoms with van der Waals surface area (Å²) in [6, 6.07) is 3.42. The summed E-state index contributed by atoms with van der Waals surface area (Å²) in [4.78, 5) is 22.4. The molecule has 6 nitrogen and oxygen atoms in total. The second-order valence-corrected chi connectivity index (χ2v) is 4.59. The van der Waals surface area contributed by atoms with Crippen LogP contribution in [0.4, 0.5) is 0 Å². The minimum atomic E-state index is -1.19. The maximum absolute atomic E-state index is 11.5. The Bertz CT molecular complexity index is 495. The molecule has 110 valence electrons. The monoisotopic (exact) mass is 321 g/mol. The van der Waals surface area contributed by atoms with E-state index in [9.17, 15) is 9.59 Å². The van der Waals surface area contributed by atoms with Crippen molar-refractivity contribution < 1.29 is 24.2 Å². The summed E-state index contributed by atoms with van der Waals surface area (Å²) in [5.41, 5.74) is 0. The van der Waals surface area contributed by atoms with Crippen molar-refractivity contribution in [1.29, 1.82) is 0 Å². The van der Waals surface area contributed by atoms with Gasteiger partial charge in [-0.05, 0) is 12.1 Å². The lowest BCUT2D eigenvalue weighted by molar-refractivity contribution is -0.143. The zero-order valence-corrected chi connectivity index (χ0v) is 12.1. The Kier molecular flexibility index (Phi) is 6.57. The maximum atomic E-state index is 11.5. The van der Waals surface area contributed by atoms with Crippen LogP contribution in [0.5, 0.6) is 5.75 Å². The van der Waals surface area contributed by atoms with E-state index in [-0.39, 0.29) is 13.2 Å². The van der Waals surface area contributed by atoms with Gasteiger partial charge in [-0.1, -0.05) is 23.2 Å². The largest absolute Gasteiger partial charge is 0.484 e. The minimum absolute atomic E-state index is 0.131. The Morgan fingerprint density at radius 3 is 2.60 bits per heavy atom. The van der Waals surface area contributed by atoms with Crippen LogP contribution < -0.4 is 10.1 Å². The Morgan fingerprint density at radius 2 is 2.05 bits per heavy atom. The lowest BCUT2D eigenvalue weighted by Crippen LogP contribution is -2.45.